The van der Waals surface area contributed by atoms with E-state index in [1.165, 1.54) is 17.7 Å². The minimum Gasteiger partial charge on any atom is -0.258 e. The zero-order chi connectivity index (χ0) is 21.8. The number of nitro benzene ring substituents is 1. The molecule has 0 aliphatic rings. The van der Waals surface area contributed by atoms with Gasteiger partial charge in [-0.15, -0.1) is 0 Å². The van der Waals surface area contributed by atoms with Gasteiger partial charge in [0.2, 0.25) is 0 Å². The smallest absolute Gasteiger partial charge is 0.258 e. The van der Waals surface area contributed by atoms with E-state index < -0.39 is 4.92 Å². The van der Waals surface area contributed by atoms with Crippen molar-refractivity contribution in [3.8, 4) is 0 Å². The molecule has 6 heteroatoms. The summed E-state index contributed by atoms with van der Waals surface area (Å²) in [5.74, 6) is 0. The lowest BCUT2D eigenvalue weighted by molar-refractivity contribution is -0.384. The van der Waals surface area contributed by atoms with Crippen LogP contribution in [-0.2, 0) is 0 Å². The number of nitro groups is 1. The number of rotatable bonds is 5. The molecule has 1 heterocycles. The van der Waals surface area contributed by atoms with Gasteiger partial charge in [-0.2, -0.15) is 0 Å². The summed E-state index contributed by atoms with van der Waals surface area (Å²) in [5, 5.41) is 10.8. The zero-order valence-corrected chi connectivity index (χ0v) is 17.8. The Morgan fingerprint density at radius 1 is 0.867 bits per heavy atom. The van der Waals surface area contributed by atoms with E-state index in [1.807, 2.05) is 32.0 Å². The molecule has 0 N–H and O–H groups in total. The van der Waals surface area contributed by atoms with Gasteiger partial charge in [0.25, 0.3) is 5.69 Å². The lowest BCUT2D eigenvalue weighted by Gasteiger charge is -2.09. The van der Waals surface area contributed by atoms with Gasteiger partial charge in [-0.25, -0.2) is 4.98 Å². The van der Waals surface area contributed by atoms with E-state index >= 15 is 0 Å². The summed E-state index contributed by atoms with van der Waals surface area (Å²) < 4.78 is 0. The van der Waals surface area contributed by atoms with E-state index in [1.54, 1.807) is 12.1 Å². The summed E-state index contributed by atoms with van der Waals surface area (Å²) in [5.41, 5.74) is 8.22. The predicted octanol–water partition coefficient (Wildman–Crippen LogP) is 6.20. The quantitative estimate of drug-likeness (QED) is 0.291. The molecule has 0 aliphatic carbocycles. The SMILES string of the molecule is CC(=Nc1ccc([N+](=O)[O-])cc1)c1cccc(C(C)=Nc2c(C)cc(C)cc2C)n1. The molecule has 0 saturated heterocycles. The second-order valence-electron chi connectivity index (χ2n) is 7.32. The van der Waals surface area contributed by atoms with Crippen molar-refractivity contribution in [2.75, 3.05) is 0 Å². The Bertz CT molecular complexity index is 1140. The molecule has 1 aromatic heterocycles. The average molecular weight is 400 g/mol. The number of aryl methyl sites for hydroxylation is 3. The molecule has 3 aromatic rings. The summed E-state index contributed by atoms with van der Waals surface area (Å²) in [6.45, 7) is 10.0. The summed E-state index contributed by atoms with van der Waals surface area (Å²) in [7, 11) is 0. The van der Waals surface area contributed by atoms with Crippen LogP contribution in [0.15, 0.2) is 64.6 Å². The zero-order valence-electron chi connectivity index (χ0n) is 17.8. The van der Waals surface area contributed by atoms with E-state index in [4.69, 9.17) is 9.98 Å². The molecule has 0 spiro atoms. The fourth-order valence-electron chi connectivity index (χ4n) is 3.31. The molecule has 152 valence electrons. The number of hydrogen-bond acceptors (Lipinski definition) is 5. The van der Waals surface area contributed by atoms with Crippen molar-refractivity contribution in [1.29, 1.82) is 0 Å². The van der Waals surface area contributed by atoms with E-state index in [9.17, 15) is 10.1 Å². The average Bonchev–Trinajstić information content (AvgIpc) is 2.71. The molecule has 0 bridgehead atoms. The maximum atomic E-state index is 10.8. The molecule has 0 saturated carbocycles. The van der Waals surface area contributed by atoms with E-state index in [2.05, 4.69) is 37.9 Å². The highest BCUT2D eigenvalue weighted by Gasteiger charge is 2.08. The third-order valence-electron chi connectivity index (χ3n) is 4.76. The molecule has 3 rings (SSSR count). The summed E-state index contributed by atoms with van der Waals surface area (Å²) >= 11 is 0. The van der Waals surface area contributed by atoms with Crippen LogP contribution < -0.4 is 0 Å². The van der Waals surface area contributed by atoms with Gasteiger partial charge in [-0.1, -0.05) is 23.8 Å². The fraction of sp³-hybridized carbons (Fsp3) is 0.208. The second kappa shape index (κ2) is 8.78. The van der Waals surface area contributed by atoms with Crippen LogP contribution >= 0.6 is 0 Å². The standard InChI is InChI=1S/C24H24N4O2/c1-15-13-16(2)24(17(3)14-15)26-19(5)23-8-6-7-22(27-23)18(4)25-20-9-11-21(12-10-20)28(29)30/h6-14H,1-5H3. The first-order chi connectivity index (χ1) is 14.2. The Kier molecular flexibility index (Phi) is 6.16. The lowest BCUT2D eigenvalue weighted by atomic mass is 10.1. The molecular weight excluding hydrogens is 376 g/mol. The number of non-ortho nitro benzene ring substituents is 1. The van der Waals surface area contributed by atoms with Gasteiger partial charge < -0.3 is 0 Å². The number of aliphatic imine (C=N–C) groups is 2. The van der Waals surface area contributed by atoms with E-state index in [0.717, 1.165) is 39.6 Å². The molecule has 30 heavy (non-hydrogen) atoms. The third kappa shape index (κ3) is 4.84. The highest BCUT2D eigenvalue weighted by atomic mass is 16.6. The molecule has 0 unspecified atom stereocenters. The third-order valence-corrected chi connectivity index (χ3v) is 4.76. The number of benzene rings is 2. The molecular formula is C24H24N4O2. The van der Waals surface area contributed by atoms with Crippen LogP contribution in [0.2, 0.25) is 0 Å². The number of pyridine rings is 1. The summed E-state index contributed by atoms with van der Waals surface area (Å²) in [4.78, 5) is 24.5. The molecule has 0 amide bonds. The van der Waals surface area contributed by atoms with E-state index in [0.29, 0.717) is 5.69 Å². The van der Waals surface area contributed by atoms with Crippen LogP contribution in [0.25, 0.3) is 0 Å². The van der Waals surface area contributed by atoms with Crippen molar-refractivity contribution < 1.29 is 4.92 Å². The van der Waals surface area contributed by atoms with Crippen molar-refractivity contribution in [3.63, 3.8) is 0 Å². The molecule has 2 aromatic carbocycles. The summed E-state index contributed by atoms with van der Waals surface area (Å²) in [6.07, 6.45) is 0. The molecule has 0 radical (unpaired) electrons. The Morgan fingerprint density at radius 3 is 1.93 bits per heavy atom. The van der Waals surface area contributed by atoms with Crippen LogP contribution in [-0.4, -0.2) is 21.3 Å². The van der Waals surface area contributed by atoms with Gasteiger partial charge >= 0.3 is 0 Å². The van der Waals surface area contributed by atoms with Crippen LogP contribution in [0.5, 0.6) is 0 Å². The highest BCUT2D eigenvalue weighted by molar-refractivity contribution is 6.02. The topological polar surface area (TPSA) is 80.8 Å². The largest absolute Gasteiger partial charge is 0.269 e. The van der Waals surface area contributed by atoms with Gasteiger partial charge in [-0.3, -0.25) is 20.1 Å². The predicted molar refractivity (Wildman–Crippen MR) is 122 cm³/mol. The van der Waals surface area contributed by atoms with Gasteiger partial charge in [0.1, 0.15) is 0 Å². The Labute approximate surface area is 176 Å². The second-order valence-corrected chi connectivity index (χ2v) is 7.32. The molecule has 0 aliphatic heterocycles. The monoisotopic (exact) mass is 400 g/mol. The maximum absolute atomic E-state index is 10.8. The number of aromatic nitrogens is 1. The van der Waals surface area contributed by atoms with Crippen molar-refractivity contribution >= 4 is 28.5 Å². The van der Waals surface area contributed by atoms with Crippen molar-refractivity contribution in [2.45, 2.75) is 34.6 Å². The minimum absolute atomic E-state index is 0.0419. The van der Waals surface area contributed by atoms with Crippen LogP contribution in [0.3, 0.4) is 0 Å². The first kappa shape index (κ1) is 21.0. The van der Waals surface area contributed by atoms with Gasteiger partial charge in [0.05, 0.1) is 39.1 Å². The maximum Gasteiger partial charge on any atom is 0.269 e. The van der Waals surface area contributed by atoms with Gasteiger partial charge in [-0.05, 0) is 70.0 Å². The Hall–Kier alpha value is -3.67. The Balaban J connectivity index is 1.91. The van der Waals surface area contributed by atoms with Crippen molar-refractivity contribution in [3.05, 3.63) is 92.8 Å². The van der Waals surface area contributed by atoms with Crippen molar-refractivity contribution in [2.24, 2.45) is 9.98 Å². The van der Waals surface area contributed by atoms with Gasteiger partial charge in [0.15, 0.2) is 0 Å². The lowest BCUT2D eigenvalue weighted by Crippen LogP contribution is -2.05. The van der Waals surface area contributed by atoms with Crippen LogP contribution in [0.4, 0.5) is 17.1 Å². The number of hydrogen-bond donors (Lipinski definition) is 0. The van der Waals surface area contributed by atoms with Crippen LogP contribution in [0.1, 0.15) is 41.9 Å². The molecule has 0 fully saturated rings. The summed E-state index contributed by atoms with van der Waals surface area (Å²) in [6, 6.07) is 16.2. The first-order valence-electron chi connectivity index (χ1n) is 9.65. The van der Waals surface area contributed by atoms with Crippen molar-refractivity contribution in [1.82, 2.24) is 4.98 Å². The first-order valence-corrected chi connectivity index (χ1v) is 9.65. The fourth-order valence-corrected chi connectivity index (χ4v) is 3.31. The number of nitrogens with zero attached hydrogens (tertiary/aromatic N) is 4. The van der Waals surface area contributed by atoms with Gasteiger partial charge in [0, 0.05) is 12.1 Å². The normalized spacial score (nSPS) is 12.2. The molecule has 6 nitrogen and oxygen atoms in total. The Morgan fingerprint density at radius 2 is 1.40 bits per heavy atom. The highest BCUT2D eigenvalue weighted by Crippen LogP contribution is 2.26. The molecule has 0 atom stereocenters. The van der Waals surface area contributed by atoms with E-state index in [-0.39, 0.29) is 5.69 Å². The van der Waals surface area contributed by atoms with Crippen LogP contribution in [0, 0.1) is 30.9 Å². The minimum atomic E-state index is -0.426.